The van der Waals surface area contributed by atoms with Gasteiger partial charge >= 0.3 is 0 Å². The minimum atomic E-state index is 0.305. The average Bonchev–Trinajstić information content (AvgIpc) is 2.37. The maximum absolute atomic E-state index is 5.44. The second-order valence-corrected chi connectivity index (χ2v) is 6.14. The molecule has 0 aliphatic rings. The predicted molar refractivity (Wildman–Crippen MR) is 81.6 cm³/mol. The molecule has 0 N–H and O–H groups in total. The molecule has 100 valence electrons. The highest BCUT2D eigenvalue weighted by Crippen LogP contribution is 2.31. The van der Waals surface area contributed by atoms with E-state index in [9.17, 15) is 0 Å². The fourth-order valence-corrected chi connectivity index (χ4v) is 2.34. The maximum Gasteiger partial charge on any atom is 0.126 e. The number of hydrogen-bond acceptors (Lipinski definition) is 1. The largest absolute Gasteiger partial charge is 0.496 e. The van der Waals surface area contributed by atoms with Gasteiger partial charge in [0, 0.05) is 5.56 Å². The van der Waals surface area contributed by atoms with E-state index in [0.29, 0.717) is 5.41 Å². The summed E-state index contributed by atoms with van der Waals surface area (Å²) in [5, 5.41) is 0. The Kier molecular flexibility index (Phi) is 3.94. The minimum absolute atomic E-state index is 0.305. The van der Waals surface area contributed by atoms with Crippen molar-refractivity contribution in [2.24, 2.45) is 5.41 Å². The van der Waals surface area contributed by atoms with Crippen LogP contribution in [0.3, 0.4) is 0 Å². The third kappa shape index (κ3) is 3.60. The molecule has 1 heteroatoms. The number of rotatable bonds is 3. The smallest absolute Gasteiger partial charge is 0.126 e. The lowest BCUT2D eigenvalue weighted by molar-refractivity contribution is 0.411. The summed E-state index contributed by atoms with van der Waals surface area (Å²) in [6, 6.07) is 16.9. The summed E-state index contributed by atoms with van der Waals surface area (Å²) >= 11 is 0. The van der Waals surface area contributed by atoms with Gasteiger partial charge in [-0.3, -0.25) is 0 Å². The Bertz CT molecular complexity index is 550. The Hall–Kier alpha value is -1.76. The molecule has 0 atom stereocenters. The molecule has 0 fully saturated rings. The van der Waals surface area contributed by atoms with Gasteiger partial charge in [-0.2, -0.15) is 0 Å². The molecule has 0 unspecified atom stereocenters. The van der Waals surface area contributed by atoms with E-state index < -0.39 is 0 Å². The van der Waals surface area contributed by atoms with Gasteiger partial charge in [-0.05, 0) is 29.0 Å². The van der Waals surface area contributed by atoms with Gasteiger partial charge in [-0.15, -0.1) is 0 Å². The fraction of sp³-hybridized carbons (Fsp3) is 0.333. The zero-order chi connectivity index (χ0) is 13.9. The average molecular weight is 254 g/mol. The maximum atomic E-state index is 5.44. The van der Waals surface area contributed by atoms with Crippen LogP contribution < -0.4 is 4.74 Å². The molecular weight excluding hydrogens is 232 g/mol. The lowest BCUT2D eigenvalue weighted by Crippen LogP contribution is -2.08. The summed E-state index contributed by atoms with van der Waals surface area (Å²) in [4.78, 5) is 0. The zero-order valence-corrected chi connectivity index (χ0v) is 12.2. The molecule has 0 saturated carbocycles. The standard InChI is InChI=1S/C18H22O/c1-18(2,3)13-14-8-7-9-15(12-14)16-10-5-6-11-17(16)19-4/h5-12H,13H2,1-4H3. The second-order valence-electron chi connectivity index (χ2n) is 6.14. The van der Waals surface area contributed by atoms with Crippen molar-refractivity contribution < 1.29 is 4.74 Å². The van der Waals surface area contributed by atoms with Crippen molar-refractivity contribution >= 4 is 0 Å². The first-order valence-electron chi connectivity index (χ1n) is 6.72. The summed E-state index contributed by atoms with van der Waals surface area (Å²) in [5.41, 5.74) is 4.05. The fourth-order valence-electron chi connectivity index (χ4n) is 2.34. The highest BCUT2D eigenvalue weighted by atomic mass is 16.5. The Labute approximate surface area is 116 Å². The monoisotopic (exact) mass is 254 g/mol. The van der Waals surface area contributed by atoms with Crippen molar-refractivity contribution in [1.82, 2.24) is 0 Å². The molecule has 0 radical (unpaired) electrons. The zero-order valence-electron chi connectivity index (χ0n) is 12.2. The first kappa shape index (κ1) is 13.7. The Morgan fingerprint density at radius 1 is 0.947 bits per heavy atom. The summed E-state index contributed by atoms with van der Waals surface area (Å²) in [6.07, 6.45) is 1.08. The molecule has 19 heavy (non-hydrogen) atoms. The molecule has 0 aliphatic heterocycles. The van der Waals surface area contributed by atoms with Crippen LogP contribution in [0, 0.1) is 5.41 Å². The topological polar surface area (TPSA) is 9.23 Å². The van der Waals surface area contributed by atoms with Crippen LogP contribution in [-0.2, 0) is 6.42 Å². The number of methoxy groups -OCH3 is 1. The molecule has 2 aromatic rings. The molecule has 0 aromatic heterocycles. The van der Waals surface area contributed by atoms with Crippen molar-refractivity contribution in [1.29, 1.82) is 0 Å². The van der Waals surface area contributed by atoms with Gasteiger partial charge < -0.3 is 4.74 Å². The molecule has 2 aromatic carbocycles. The highest BCUT2D eigenvalue weighted by Gasteiger charge is 2.12. The number of benzene rings is 2. The summed E-state index contributed by atoms with van der Waals surface area (Å²) in [6.45, 7) is 6.80. The van der Waals surface area contributed by atoms with Gasteiger partial charge in [-0.25, -0.2) is 0 Å². The van der Waals surface area contributed by atoms with Gasteiger partial charge in [0.1, 0.15) is 5.75 Å². The van der Waals surface area contributed by atoms with Gasteiger partial charge in [0.2, 0.25) is 0 Å². The van der Waals surface area contributed by atoms with Gasteiger partial charge in [-0.1, -0.05) is 63.2 Å². The van der Waals surface area contributed by atoms with E-state index in [-0.39, 0.29) is 0 Å². The number of hydrogen-bond donors (Lipinski definition) is 0. The van der Waals surface area contributed by atoms with Crippen LogP contribution in [-0.4, -0.2) is 7.11 Å². The lowest BCUT2D eigenvalue weighted by Gasteiger charge is -2.18. The van der Waals surface area contributed by atoms with Crippen LogP contribution in [0.1, 0.15) is 26.3 Å². The Morgan fingerprint density at radius 3 is 2.37 bits per heavy atom. The molecule has 0 aliphatic carbocycles. The van der Waals surface area contributed by atoms with Crippen molar-refractivity contribution in [2.75, 3.05) is 7.11 Å². The van der Waals surface area contributed by atoms with E-state index in [1.54, 1.807) is 7.11 Å². The van der Waals surface area contributed by atoms with E-state index in [1.165, 1.54) is 11.1 Å². The molecule has 0 spiro atoms. The van der Waals surface area contributed by atoms with Crippen LogP contribution in [0.25, 0.3) is 11.1 Å². The predicted octanol–water partition coefficient (Wildman–Crippen LogP) is 4.95. The lowest BCUT2D eigenvalue weighted by atomic mass is 9.87. The molecule has 0 heterocycles. The molecule has 0 bridgehead atoms. The quantitative estimate of drug-likeness (QED) is 0.753. The van der Waals surface area contributed by atoms with Crippen molar-refractivity contribution in [3.05, 3.63) is 54.1 Å². The first-order chi connectivity index (χ1) is 8.99. The normalized spacial score (nSPS) is 11.4. The molecule has 2 rings (SSSR count). The van der Waals surface area contributed by atoms with Crippen LogP contribution in [0.5, 0.6) is 5.75 Å². The summed E-state index contributed by atoms with van der Waals surface area (Å²) < 4.78 is 5.44. The van der Waals surface area contributed by atoms with E-state index >= 15 is 0 Å². The van der Waals surface area contributed by atoms with E-state index in [4.69, 9.17) is 4.74 Å². The number of para-hydroxylation sites is 1. The van der Waals surface area contributed by atoms with Crippen molar-refractivity contribution in [3.8, 4) is 16.9 Å². The van der Waals surface area contributed by atoms with Crippen LogP contribution in [0.2, 0.25) is 0 Å². The highest BCUT2D eigenvalue weighted by molar-refractivity contribution is 5.70. The number of ether oxygens (including phenoxy) is 1. The van der Waals surface area contributed by atoms with Gasteiger partial charge in [0.15, 0.2) is 0 Å². The van der Waals surface area contributed by atoms with Gasteiger partial charge in [0.25, 0.3) is 0 Å². The first-order valence-corrected chi connectivity index (χ1v) is 6.72. The third-order valence-corrected chi connectivity index (χ3v) is 3.08. The summed E-state index contributed by atoms with van der Waals surface area (Å²) in [7, 11) is 1.72. The molecular formula is C18H22O. The minimum Gasteiger partial charge on any atom is -0.496 e. The van der Waals surface area contributed by atoms with Gasteiger partial charge in [0.05, 0.1) is 7.11 Å². The second kappa shape index (κ2) is 5.48. The van der Waals surface area contributed by atoms with E-state index in [2.05, 4.69) is 51.1 Å². The molecule has 1 nitrogen and oxygen atoms in total. The van der Waals surface area contributed by atoms with Crippen LogP contribution in [0.15, 0.2) is 48.5 Å². The van der Waals surface area contributed by atoms with Crippen LogP contribution >= 0.6 is 0 Å². The molecule has 0 saturated heterocycles. The molecule has 0 amide bonds. The summed E-state index contributed by atoms with van der Waals surface area (Å²) in [5.74, 6) is 0.926. The van der Waals surface area contributed by atoms with Crippen molar-refractivity contribution in [2.45, 2.75) is 27.2 Å². The van der Waals surface area contributed by atoms with E-state index in [1.807, 2.05) is 18.2 Å². The van der Waals surface area contributed by atoms with Crippen molar-refractivity contribution in [3.63, 3.8) is 0 Å². The Morgan fingerprint density at radius 2 is 1.68 bits per heavy atom. The third-order valence-electron chi connectivity index (χ3n) is 3.08. The Balaban J connectivity index is 2.38. The van der Waals surface area contributed by atoms with E-state index in [0.717, 1.165) is 17.7 Å². The van der Waals surface area contributed by atoms with Crippen LogP contribution in [0.4, 0.5) is 0 Å². The SMILES string of the molecule is COc1ccccc1-c1cccc(CC(C)(C)C)c1.